The average molecular weight is 315 g/mol. The van der Waals surface area contributed by atoms with Crippen molar-refractivity contribution in [3.63, 3.8) is 0 Å². The fourth-order valence-electron chi connectivity index (χ4n) is 1.27. The minimum absolute atomic E-state index is 0.0376. The van der Waals surface area contributed by atoms with E-state index in [2.05, 4.69) is 14.1 Å². The molecule has 0 atom stereocenters. The van der Waals surface area contributed by atoms with Crippen molar-refractivity contribution in [1.29, 1.82) is 5.26 Å². The molecular formula is C10H7ClN4O2S2. The first-order chi connectivity index (χ1) is 8.92. The molecule has 0 spiro atoms. The Morgan fingerprint density at radius 3 is 2.74 bits per heavy atom. The molecule has 98 valence electrons. The van der Waals surface area contributed by atoms with E-state index >= 15 is 0 Å². The summed E-state index contributed by atoms with van der Waals surface area (Å²) in [5.41, 5.74) is 0.215. The SMILES string of the molecule is Cc1nsc(NS(=O)(=O)c2ccc(C#N)c(Cl)c2)n1. The van der Waals surface area contributed by atoms with E-state index in [0.29, 0.717) is 5.82 Å². The highest BCUT2D eigenvalue weighted by Gasteiger charge is 2.17. The third-order valence-corrected chi connectivity index (χ3v) is 4.62. The van der Waals surface area contributed by atoms with Crippen LogP contribution < -0.4 is 4.72 Å². The van der Waals surface area contributed by atoms with Gasteiger partial charge in [-0.1, -0.05) is 11.6 Å². The van der Waals surface area contributed by atoms with E-state index < -0.39 is 10.0 Å². The summed E-state index contributed by atoms with van der Waals surface area (Å²) in [5.74, 6) is 0.487. The number of hydrogen-bond donors (Lipinski definition) is 1. The number of nitriles is 1. The van der Waals surface area contributed by atoms with Gasteiger partial charge in [0, 0.05) is 11.5 Å². The molecule has 0 saturated carbocycles. The quantitative estimate of drug-likeness (QED) is 0.936. The molecule has 0 amide bonds. The van der Waals surface area contributed by atoms with Crippen LogP contribution in [-0.2, 0) is 10.0 Å². The molecule has 0 fully saturated rings. The summed E-state index contributed by atoms with van der Waals surface area (Å²) < 4.78 is 30.3. The van der Waals surface area contributed by atoms with E-state index in [1.165, 1.54) is 18.2 Å². The molecule has 0 aliphatic rings. The Morgan fingerprint density at radius 2 is 2.21 bits per heavy atom. The summed E-state index contributed by atoms with van der Waals surface area (Å²) in [6.07, 6.45) is 0. The summed E-state index contributed by atoms with van der Waals surface area (Å²) >= 11 is 6.75. The van der Waals surface area contributed by atoms with Gasteiger partial charge in [-0.15, -0.1) is 0 Å². The summed E-state index contributed by atoms with van der Waals surface area (Å²) in [5, 5.41) is 8.99. The normalized spacial score (nSPS) is 11.0. The molecule has 0 bridgehead atoms. The van der Waals surface area contributed by atoms with Gasteiger partial charge in [-0.25, -0.2) is 13.4 Å². The first-order valence-corrected chi connectivity index (χ1v) is 7.58. The lowest BCUT2D eigenvalue weighted by atomic mass is 10.2. The number of aromatic nitrogens is 2. The van der Waals surface area contributed by atoms with Crippen molar-refractivity contribution in [3.05, 3.63) is 34.6 Å². The second-order valence-corrected chi connectivity index (χ2v) is 6.35. The molecule has 0 aliphatic heterocycles. The Hall–Kier alpha value is -1.69. The maximum atomic E-state index is 12.0. The Labute approximate surface area is 118 Å². The molecule has 6 nitrogen and oxygen atoms in total. The molecular weight excluding hydrogens is 308 g/mol. The fraction of sp³-hybridized carbons (Fsp3) is 0.100. The Balaban J connectivity index is 2.35. The monoisotopic (exact) mass is 314 g/mol. The van der Waals surface area contributed by atoms with Gasteiger partial charge >= 0.3 is 0 Å². The molecule has 9 heteroatoms. The number of halogens is 1. The first kappa shape index (κ1) is 13.7. The Kier molecular flexibility index (Phi) is 3.71. The van der Waals surface area contributed by atoms with Crippen molar-refractivity contribution < 1.29 is 8.42 Å². The van der Waals surface area contributed by atoms with Gasteiger partial charge in [-0.2, -0.15) is 9.64 Å². The fourth-order valence-corrected chi connectivity index (χ4v) is 3.38. The van der Waals surface area contributed by atoms with Gasteiger partial charge in [0.15, 0.2) is 0 Å². The van der Waals surface area contributed by atoms with Crippen LogP contribution >= 0.6 is 23.1 Å². The van der Waals surface area contributed by atoms with Crippen LogP contribution in [0.15, 0.2) is 23.1 Å². The topological polar surface area (TPSA) is 95.7 Å². The molecule has 0 radical (unpaired) electrons. The molecule has 1 heterocycles. The van der Waals surface area contributed by atoms with Crippen LogP contribution in [0.25, 0.3) is 0 Å². The highest BCUT2D eigenvalue weighted by Crippen LogP contribution is 2.22. The number of sulfonamides is 1. The van der Waals surface area contributed by atoms with Crippen molar-refractivity contribution in [2.45, 2.75) is 11.8 Å². The zero-order valence-corrected chi connectivity index (χ0v) is 12.0. The maximum absolute atomic E-state index is 12.0. The van der Waals surface area contributed by atoms with Gasteiger partial charge in [-0.3, -0.25) is 4.72 Å². The molecule has 0 saturated heterocycles. The predicted octanol–water partition coefficient (Wildman–Crippen LogP) is 2.17. The highest BCUT2D eigenvalue weighted by atomic mass is 35.5. The number of rotatable bonds is 3. The lowest BCUT2D eigenvalue weighted by molar-refractivity contribution is 0.601. The molecule has 1 aromatic heterocycles. The summed E-state index contributed by atoms with van der Waals surface area (Å²) in [7, 11) is -3.78. The van der Waals surface area contributed by atoms with Crippen LogP contribution in [0.5, 0.6) is 0 Å². The largest absolute Gasteiger partial charge is 0.263 e. The second-order valence-electron chi connectivity index (χ2n) is 3.51. The zero-order chi connectivity index (χ0) is 14.0. The number of aryl methyl sites for hydroxylation is 1. The number of nitrogens with zero attached hydrogens (tertiary/aromatic N) is 3. The minimum Gasteiger partial charge on any atom is -0.253 e. The number of benzene rings is 1. The second kappa shape index (κ2) is 5.13. The molecule has 19 heavy (non-hydrogen) atoms. The third-order valence-electron chi connectivity index (χ3n) is 2.12. The van der Waals surface area contributed by atoms with E-state index in [9.17, 15) is 8.42 Å². The van der Waals surface area contributed by atoms with Crippen LogP contribution in [-0.4, -0.2) is 17.8 Å². The third kappa shape index (κ3) is 3.01. The number of hydrogen-bond acceptors (Lipinski definition) is 6. The molecule has 2 rings (SSSR count). The molecule has 0 unspecified atom stereocenters. The summed E-state index contributed by atoms with van der Waals surface area (Å²) in [6.45, 7) is 1.66. The smallest absolute Gasteiger partial charge is 0.253 e. The molecule has 0 aliphatic carbocycles. The van der Waals surface area contributed by atoms with Gasteiger partial charge in [0.05, 0.1) is 15.5 Å². The van der Waals surface area contributed by atoms with Crippen LogP contribution in [0.1, 0.15) is 11.4 Å². The van der Waals surface area contributed by atoms with Crippen LogP contribution in [0.3, 0.4) is 0 Å². The number of nitrogens with one attached hydrogen (secondary N) is 1. The molecule has 1 N–H and O–H groups in total. The van der Waals surface area contributed by atoms with Gasteiger partial charge in [0.25, 0.3) is 10.0 Å². The van der Waals surface area contributed by atoms with Crippen molar-refractivity contribution in [1.82, 2.24) is 9.36 Å². The molecule has 1 aromatic carbocycles. The van der Waals surface area contributed by atoms with Gasteiger partial charge < -0.3 is 0 Å². The van der Waals surface area contributed by atoms with E-state index in [4.69, 9.17) is 16.9 Å². The van der Waals surface area contributed by atoms with Crippen LogP contribution in [0.2, 0.25) is 5.02 Å². The Morgan fingerprint density at radius 1 is 1.47 bits per heavy atom. The summed E-state index contributed by atoms with van der Waals surface area (Å²) in [6, 6.07) is 5.73. The maximum Gasteiger partial charge on any atom is 0.263 e. The highest BCUT2D eigenvalue weighted by molar-refractivity contribution is 7.93. The van der Waals surface area contributed by atoms with Gasteiger partial charge in [0.2, 0.25) is 5.13 Å². The van der Waals surface area contributed by atoms with Gasteiger partial charge in [0.1, 0.15) is 11.9 Å². The van der Waals surface area contributed by atoms with Gasteiger partial charge in [-0.05, 0) is 25.1 Å². The van der Waals surface area contributed by atoms with Crippen LogP contribution in [0, 0.1) is 18.3 Å². The predicted molar refractivity (Wildman–Crippen MR) is 71.6 cm³/mol. The van der Waals surface area contributed by atoms with E-state index in [1.54, 1.807) is 6.92 Å². The van der Waals surface area contributed by atoms with E-state index in [1.807, 2.05) is 6.07 Å². The average Bonchev–Trinajstić information content (AvgIpc) is 2.73. The minimum atomic E-state index is -3.78. The standard InChI is InChI=1S/C10H7ClN4O2S2/c1-6-13-10(18-14-6)15-19(16,17)8-3-2-7(5-12)9(11)4-8/h2-4H,1H3,(H,13,14,15). The lowest BCUT2D eigenvalue weighted by Crippen LogP contribution is -2.12. The van der Waals surface area contributed by atoms with Crippen molar-refractivity contribution in [2.75, 3.05) is 4.72 Å². The van der Waals surface area contributed by atoms with Crippen molar-refractivity contribution >= 4 is 38.3 Å². The zero-order valence-electron chi connectivity index (χ0n) is 9.58. The van der Waals surface area contributed by atoms with E-state index in [0.717, 1.165) is 11.5 Å². The molecule has 2 aromatic rings. The lowest BCUT2D eigenvalue weighted by Gasteiger charge is -2.05. The van der Waals surface area contributed by atoms with Crippen molar-refractivity contribution in [3.8, 4) is 6.07 Å². The Bertz CT molecular complexity index is 764. The van der Waals surface area contributed by atoms with E-state index in [-0.39, 0.29) is 20.6 Å². The van der Waals surface area contributed by atoms with Crippen LogP contribution in [0.4, 0.5) is 5.13 Å². The first-order valence-electron chi connectivity index (χ1n) is 4.95. The number of anilines is 1. The summed E-state index contributed by atoms with van der Waals surface area (Å²) in [4.78, 5) is 3.87. The van der Waals surface area contributed by atoms with Crippen molar-refractivity contribution in [2.24, 2.45) is 0 Å².